The number of nitrogens with two attached hydrogens (primary N) is 1. The number of benzene rings is 1. The van der Waals surface area contributed by atoms with E-state index >= 15 is 0 Å². The topological polar surface area (TPSA) is 103 Å². The number of sulfonamides is 1. The Bertz CT molecular complexity index is 505. The predicted molar refractivity (Wildman–Crippen MR) is 54.5 cm³/mol. The van der Waals surface area contributed by atoms with Gasteiger partial charge in [0.15, 0.2) is 0 Å². The fourth-order valence-electron chi connectivity index (χ4n) is 0.881. The molecule has 82 valence electrons. The van der Waals surface area contributed by atoms with E-state index in [-0.39, 0.29) is 14.9 Å². The predicted octanol–water partition coefficient (Wildman–Crippen LogP) is 1.55. The first-order chi connectivity index (χ1) is 6.73. The van der Waals surface area contributed by atoms with Gasteiger partial charge in [-0.15, -0.1) is 0 Å². The zero-order chi connectivity index (χ0) is 11.8. The number of hydrogen-bond acceptors (Lipinski definition) is 4. The van der Waals surface area contributed by atoms with E-state index in [9.17, 15) is 18.5 Å². The maximum Gasteiger partial charge on any atom is 0.306 e. The number of nitrogens with zero attached hydrogens (tertiary/aromatic N) is 1. The van der Waals surface area contributed by atoms with Crippen molar-refractivity contribution in [3.8, 4) is 0 Å². The van der Waals surface area contributed by atoms with Crippen LogP contribution in [-0.2, 0) is 10.0 Å². The molecule has 0 aromatic heterocycles. The van der Waals surface area contributed by atoms with E-state index < -0.39 is 20.6 Å². The third-order valence-electron chi connectivity index (χ3n) is 1.50. The molecule has 0 heterocycles. The minimum absolute atomic E-state index is 0.372. The minimum atomic E-state index is -3.98. The second kappa shape index (κ2) is 3.93. The van der Waals surface area contributed by atoms with Crippen molar-refractivity contribution in [3.63, 3.8) is 0 Å². The van der Waals surface area contributed by atoms with E-state index in [1.807, 2.05) is 0 Å². The van der Waals surface area contributed by atoms with Crippen molar-refractivity contribution in [2.45, 2.75) is 4.90 Å². The zero-order valence-corrected chi connectivity index (χ0v) is 9.30. The molecule has 0 amide bonds. The molecule has 0 radical (unpaired) electrons. The fourth-order valence-corrected chi connectivity index (χ4v) is 2.20. The van der Waals surface area contributed by atoms with Crippen LogP contribution in [0.2, 0.25) is 10.0 Å². The third kappa shape index (κ3) is 2.57. The molecule has 0 unspecified atom stereocenters. The lowest BCUT2D eigenvalue weighted by atomic mass is 10.3. The first kappa shape index (κ1) is 12.2. The Morgan fingerprint density at radius 1 is 1.27 bits per heavy atom. The number of nitro groups is 1. The van der Waals surface area contributed by atoms with Crippen molar-refractivity contribution >= 4 is 38.9 Å². The van der Waals surface area contributed by atoms with Crippen LogP contribution in [0.25, 0.3) is 0 Å². The highest BCUT2D eigenvalue weighted by Gasteiger charge is 2.21. The summed E-state index contributed by atoms with van der Waals surface area (Å²) >= 11 is 11.0. The van der Waals surface area contributed by atoms with Crippen LogP contribution in [0.3, 0.4) is 0 Å². The lowest BCUT2D eigenvalue weighted by molar-refractivity contribution is -0.384. The summed E-state index contributed by atoms with van der Waals surface area (Å²) in [6.45, 7) is 0. The summed E-state index contributed by atoms with van der Waals surface area (Å²) < 4.78 is 21.8. The Hall–Kier alpha value is -0.890. The molecule has 0 aliphatic heterocycles. The summed E-state index contributed by atoms with van der Waals surface area (Å²) in [6.07, 6.45) is 0. The van der Waals surface area contributed by atoms with Gasteiger partial charge in [0.05, 0.1) is 9.82 Å². The lowest BCUT2D eigenvalue weighted by Gasteiger charge is -2.01. The highest BCUT2D eigenvalue weighted by atomic mass is 35.5. The molecule has 2 N–H and O–H groups in total. The molecular formula is C6H4Cl2N2O4S. The summed E-state index contributed by atoms with van der Waals surface area (Å²) in [5.74, 6) is 0. The second-order valence-electron chi connectivity index (χ2n) is 2.54. The highest BCUT2D eigenvalue weighted by Crippen LogP contribution is 2.34. The van der Waals surface area contributed by atoms with Crippen LogP contribution >= 0.6 is 23.2 Å². The molecule has 0 saturated carbocycles. The Labute approximate surface area is 94.8 Å². The number of primary sulfonamides is 1. The SMILES string of the molecule is NS(=O)(=O)c1cc(Cl)c([N+](=O)[O-])c(Cl)c1. The number of hydrogen-bond donors (Lipinski definition) is 1. The van der Waals surface area contributed by atoms with E-state index in [2.05, 4.69) is 0 Å². The Morgan fingerprint density at radius 3 is 1.93 bits per heavy atom. The van der Waals surface area contributed by atoms with Crippen LogP contribution in [-0.4, -0.2) is 13.3 Å². The molecule has 0 atom stereocenters. The van der Waals surface area contributed by atoms with Gasteiger partial charge in [0.2, 0.25) is 10.0 Å². The first-order valence-corrected chi connectivity index (χ1v) is 5.70. The van der Waals surface area contributed by atoms with Gasteiger partial charge >= 0.3 is 5.69 Å². The molecule has 6 nitrogen and oxygen atoms in total. The van der Waals surface area contributed by atoms with Crippen LogP contribution < -0.4 is 5.14 Å². The molecule has 15 heavy (non-hydrogen) atoms. The molecule has 0 saturated heterocycles. The van der Waals surface area contributed by atoms with Gasteiger partial charge in [-0.1, -0.05) is 23.2 Å². The van der Waals surface area contributed by atoms with Crippen LogP contribution in [0.1, 0.15) is 0 Å². The molecule has 0 fully saturated rings. The van der Waals surface area contributed by atoms with Crippen LogP contribution in [0.5, 0.6) is 0 Å². The third-order valence-corrected chi connectivity index (χ3v) is 2.97. The number of halogens is 2. The van der Waals surface area contributed by atoms with Gasteiger partial charge in [-0.25, -0.2) is 13.6 Å². The van der Waals surface area contributed by atoms with E-state index in [0.29, 0.717) is 0 Å². The molecule has 0 spiro atoms. The fraction of sp³-hybridized carbons (Fsp3) is 0. The lowest BCUT2D eigenvalue weighted by Crippen LogP contribution is -2.12. The van der Waals surface area contributed by atoms with Gasteiger partial charge in [0, 0.05) is 0 Å². The maximum atomic E-state index is 10.9. The standard InChI is InChI=1S/C6H4Cl2N2O4S/c7-4-1-3(15(9,13)14)2-5(8)6(4)10(11)12/h1-2H,(H2,9,13,14). The molecule has 1 rings (SSSR count). The Morgan fingerprint density at radius 2 is 1.67 bits per heavy atom. The van der Waals surface area contributed by atoms with Gasteiger partial charge in [-0.3, -0.25) is 10.1 Å². The smallest absolute Gasteiger partial charge is 0.258 e. The van der Waals surface area contributed by atoms with E-state index in [1.54, 1.807) is 0 Å². The van der Waals surface area contributed by atoms with Gasteiger partial charge in [0.1, 0.15) is 10.0 Å². The largest absolute Gasteiger partial charge is 0.306 e. The van der Waals surface area contributed by atoms with Crippen molar-refractivity contribution in [1.29, 1.82) is 0 Å². The Balaban J connectivity index is 3.52. The Kier molecular flexibility index (Phi) is 3.19. The van der Waals surface area contributed by atoms with Crippen molar-refractivity contribution in [2.75, 3.05) is 0 Å². The van der Waals surface area contributed by atoms with Crippen molar-refractivity contribution in [1.82, 2.24) is 0 Å². The summed E-state index contributed by atoms with van der Waals surface area (Å²) in [5.41, 5.74) is -0.550. The second-order valence-corrected chi connectivity index (χ2v) is 4.91. The van der Waals surface area contributed by atoms with Crippen molar-refractivity contribution in [2.24, 2.45) is 5.14 Å². The summed E-state index contributed by atoms with van der Waals surface area (Å²) in [7, 11) is -3.98. The highest BCUT2D eigenvalue weighted by molar-refractivity contribution is 7.89. The molecular weight excluding hydrogens is 267 g/mol. The van der Waals surface area contributed by atoms with E-state index in [1.165, 1.54) is 0 Å². The summed E-state index contributed by atoms with van der Waals surface area (Å²) in [4.78, 5) is 9.28. The average molecular weight is 271 g/mol. The summed E-state index contributed by atoms with van der Waals surface area (Å²) in [5, 5.41) is 14.5. The van der Waals surface area contributed by atoms with Gasteiger partial charge in [-0.05, 0) is 12.1 Å². The molecule has 0 aliphatic carbocycles. The molecule has 1 aromatic rings. The molecule has 0 aliphatic rings. The van der Waals surface area contributed by atoms with Crippen LogP contribution in [0.15, 0.2) is 17.0 Å². The monoisotopic (exact) mass is 270 g/mol. The van der Waals surface area contributed by atoms with Crippen molar-refractivity contribution in [3.05, 3.63) is 32.3 Å². The minimum Gasteiger partial charge on any atom is -0.258 e. The van der Waals surface area contributed by atoms with Gasteiger partial charge in [-0.2, -0.15) is 0 Å². The quantitative estimate of drug-likeness (QED) is 0.650. The van der Waals surface area contributed by atoms with Crippen molar-refractivity contribution < 1.29 is 13.3 Å². The number of rotatable bonds is 2. The van der Waals surface area contributed by atoms with E-state index in [0.717, 1.165) is 12.1 Å². The zero-order valence-electron chi connectivity index (χ0n) is 6.98. The van der Waals surface area contributed by atoms with Crippen LogP contribution in [0.4, 0.5) is 5.69 Å². The van der Waals surface area contributed by atoms with Gasteiger partial charge < -0.3 is 0 Å². The first-order valence-electron chi connectivity index (χ1n) is 3.39. The van der Waals surface area contributed by atoms with Crippen LogP contribution in [0, 0.1) is 10.1 Å². The normalized spacial score (nSPS) is 11.4. The maximum absolute atomic E-state index is 10.9. The molecule has 9 heteroatoms. The number of nitro benzene ring substituents is 1. The average Bonchev–Trinajstić information content (AvgIpc) is 1.99. The summed E-state index contributed by atoms with van der Waals surface area (Å²) in [6, 6.07) is 1.75. The molecule has 1 aromatic carbocycles. The molecule has 0 bridgehead atoms. The van der Waals surface area contributed by atoms with E-state index in [4.69, 9.17) is 28.3 Å². The van der Waals surface area contributed by atoms with Gasteiger partial charge in [0.25, 0.3) is 0 Å².